The molecule has 0 saturated carbocycles. The van der Waals surface area contributed by atoms with Crippen LogP contribution in [0.3, 0.4) is 0 Å². The predicted molar refractivity (Wildman–Crippen MR) is 106 cm³/mol. The van der Waals surface area contributed by atoms with Gasteiger partial charge in [-0.2, -0.15) is 19.8 Å². The number of carbonyl (C=O) groups excluding carboxylic acids is 1. The predicted octanol–water partition coefficient (Wildman–Crippen LogP) is 4.07. The number of oxime groups is 1. The van der Waals surface area contributed by atoms with E-state index in [4.69, 9.17) is 9.02 Å². The van der Waals surface area contributed by atoms with E-state index >= 15 is 0 Å². The Kier molecular flexibility index (Phi) is 7.55. The number of unbranched alkanes of at least 4 members (excludes halogenated alkanes) is 1. The van der Waals surface area contributed by atoms with Crippen molar-refractivity contribution < 1.29 is 22.2 Å². The molecule has 0 fully saturated rings. The highest BCUT2D eigenvalue weighted by Crippen LogP contribution is 2.21. The number of aryl methyl sites for hydroxylation is 2. The highest BCUT2D eigenvalue weighted by Gasteiger charge is 2.23. The van der Waals surface area contributed by atoms with Gasteiger partial charge in [-0.15, -0.1) is 0 Å². The Morgan fingerprint density at radius 3 is 2.48 bits per heavy atom. The van der Waals surface area contributed by atoms with Crippen molar-refractivity contribution in [2.24, 2.45) is 5.16 Å². The van der Waals surface area contributed by atoms with Gasteiger partial charge in [0.2, 0.25) is 0 Å². The van der Waals surface area contributed by atoms with E-state index in [-0.39, 0.29) is 17.2 Å². The van der Waals surface area contributed by atoms with Crippen molar-refractivity contribution in [3.63, 3.8) is 0 Å². The minimum absolute atomic E-state index is 0.0309. The van der Waals surface area contributed by atoms with Gasteiger partial charge >= 0.3 is 16.1 Å². The van der Waals surface area contributed by atoms with Crippen LogP contribution in [0, 0.1) is 6.92 Å². The monoisotopic (exact) mass is 409 g/mol. The topological polar surface area (TPSA) is 82.0 Å². The fraction of sp³-hybridized carbons (Fsp3) is 0.368. The van der Waals surface area contributed by atoms with Gasteiger partial charge in [0.05, 0.1) is 6.61 Å². The van der Waals surface area contributed by atoms with Crippen LogP contribution in [0.15, 0.2) is 45.1 Å². The zero-order valence-electron chi connectivity index (χ0n) is 15.6. The summed E-state index contributed by atoms with van der Waals surface area (Å²) in [5.41, 5.74) is 2.25. The van der Waals surface area contributed by atoms with Crippen molar-refractivity contribution >= 4 is 33.1 Å². The van der Waals surface area contributed by atoms with Crippen molar-refractivity contribution in [2.75, 3.05) is 6.61 Å². The Labute approximate surface area is 163 Å². The van der Waals surface area contributed by atoms with Crippen molar-refractivity contribution in [3.8, 4) is 0 Å². The molecule has 27 heavy (non-hydrogen) atoms. The van der Waals surface area contributed by atoms with Crippen molar-refractivity contribution in [3.05, 3.63) is 51.7 Å². The number of ether oxygens (including phenoxy) is 1. The third-order valence-corrected chi connectivity index (χ3v) is 5.71. The number of nitrogens with zero attached hydrogens (tertiary/aromatic N) is 1. The first kappa shape index (κ1) is 21.1. The molecule has 1 aromatic heterocycles. The zero-order valence-corrected chi connectivity index (χ0v) is 17.2. The zero-order chi connectivity index (χ0) is 19.9. The van der Waals surface area contributed by atoms with Gasteiger partial charge in [-0.25, -0.2) is 4.79 Å². The average molecular weight is 410 g/mol. The van der Waals surface area contributed by atoms with E-state index < -0.39 is 16.1 Å². The van der Waals surface area contributed by atoms with Gasteiger partial charge in [0.25, 0.3) is 0 Å². The van der Waals surface area contributed by atoms with Crippen LogP contribution in [0.1, 0.15) is 43.4 Å². The smallest absolute Gasteiger partial charge is 0.361 e. The van der Waals surface area contributed by atoms with Crippen LogP contribution in [0.25, 0.3) is 0 Å². The molecule has 1 aromatic carbocycles. The molecule has 8 heteroatoms. The molecule has 0 aliphatic heterocycles. The number of hydrogen-bond donors (Lipinski definition) is 0. The van der Waals surface area contributed by atoms with Crippen molar-refractivity contribution in [1.82, 2.24) is 0 Å². The fourth-order valence-corrected chi connectivity index (χ4v) is 3.93. The first-order valence-corrected chi connectivity index (χ1v) is 11.0. The lowest BCUT2D eigenvalue weighted by molar-refractivity contribution is -0.135. The SMILES string of the molecule is CCCCc1cscc1C(=NOS(=O)(=O)c1ccc(C)cc1)C(=O)OCC. The molecule has 1 heterocycles. The fourth-order valence-electron chi connectivity index (χ4n) is 2.32. The van der Waals surface area contributed by atoms with Gasteiger partial charge in [-0.1, -0.05) is 36.2 Å². The molecular weight excluding hydrogens is 386 g/mol. The summed E-state index contributed by atoms with van der Waals surface area (Å²) < 4.78 is 34.6. The average Bonchev–Trinajstić information content (AvgIpc) is 3.09. The molecule has 0 saturated heterocycles. The lowest BCUT2D eigenvalue weighted by Gasteiger charge is -2.08. The molecule has 0 radical (unpaired) electrons. The summed E-state index contributed by atoms with van der Waals surface area (Å²) in [4.78, 5) is 12.3. The summed E-state index contributed by atoms with van der Waals surface area (Å²) in [6.45, 7) is 5.74. The molecular formula is C19H23NO5S2. The lowest BCUT2D eigenvalue weighted by atomic mass is 10.0. The Bertz CT molecular complexity index is 898. The van der Waals surface area contributed by atoms with Crippen LogP contribution in [0.5, 0.6) is 0 Å². The summed E-state index contributed by atoms with van der Waals surface area (Å²) in [7, 11) is -4.13. The highest BCUT2D eigenvalue weighted by atomic mass is 32.2. The summed E-state index contributed by atoms with van der Waals surface area (Å²) in [6, 6.07) is 6.19. The quantitative estimate of drug-likeness (QED) is 0.354. The molecule has 146 valence electrons. The molecule has 0 amide bonds. The van der Waals surface area contributed by atoms with Gasteiger partial charge in [0.15, 0.2) is 5.71 Å². The second-order valence-electron chi connectivity index (χ2n) is 5.92. The minimum Gasteiger partial charge on any atom is -0.461 e. The molecule has 0 bridgehead atoms. The van der Waals surface area contributed by atoms with Crippen LogP contribution in [-0.4, -0.2) is 26.7 Å². The number of thiophene rings is 1. The summed E-state index contributed by atoms with van der Waals surface area (Å²) >= 11 is 1.42. The van der Waals surface area contributed by atoms with Gasteiger partial charge in [-0.3, -0.25) is 4.28 Å². The highest BCUT2D eigenvalue weighted by molar-refractivity contribution is 7.86. The van der Waals surface area contributed by atoms with Gasteiger partial charge in [0, 0.05) is 10.9 Å². The van der Waals surface area contributed by atoms with E-state index in [1.807, 2.05) is 12.3 Å². The van der Waals surface area contributed by atoms with E-state index in [2.05, 4.69) is 12.1 Å². The van der Waals surface area contributed by atoms with Crippen molar-refractivity contribution in [2.45, 2.75) is 44.9 Å². The molecule has 2 aromatic rings. The maximum absolute atomic E-state index is 12.4. The summed E-state index contributed by atoms with van der Waals surface area (Å²) in [5, 5.41) is 7.36. The lowest BCUT2D eigenvalue weighted by Crippen LogP contribution is -2.21. The summed E-state index contributed by atoms with van der Waals surface area (Å²) in [6.07, 6.45) is 2.71. The molecule has 0 spiro atoms. The van der Waals surface area contributed by atoms with Crippen LogP contribution < -0.4 is 0 Å². The number of rotatable bonds is 9. The van der Waals surface area contributed by atoms with E-state index in [1.54, 1.807) is 24.4 Å². The van der Waals surface area contributed by atoms with E-state index in [1.165, 1.54) is 23.5 Å². The van der Waals surface area contributed by atoms with Crippen LogP contribution in [0.2, 0.25) is 0 Å². The number of benzene rings is 1. The van der Waals surface area contributed by atoms with Gasteiger partial charge < -0.3 is 4.74 Å². The number of hydrogen-bond acceptors (Lipinski definition) is 7. The second kappa shape index (κ2) is 9.66. The maximum Gasteiger partial charge on any atom is 0.361 e. The van der Waals surface area contributed by atoms with Crippen LogP contribution in [-0.2, 0) is 30.4 Å². The largest absolute Gasteiger partial charge is 0.461 e. The summed E-state index contributed by atoms with van der Waals surface area (Å²) in [5.74, 6) is -0.715. The minimum atomic E-state index is -4.13. The number of esters is 1. The standard InChI is InChI=1S/C19H23NO5S2/c1-4-6-7-15-12-26-13-17(15)18(19(21)24-5-2)20-25-27(22,23)16-10-8-14(3)9-11-16/h8-13H,4-7H2,1-3H3. The van der Waals surface area contributed by atoms with Crippen LogP contribution >= 0.6 is 11.3 Å². The van der Waals surface area contributed by atoms with E-state index in [0.29, 0.717) is 5.56 Å². The van der Waals surface area contributed by atoms with E-state index in [0.717, 1.165) is 30.4 Å². The molecule has 0 aliphatic rings. The third-order valence-electron chi connectivity index (χ3n) is 3.80. The first-order chi connectivity index (χ1) is 12.9. The Balaban J connectivity index is 2.35. The van der Waals surface area contributed by atoms with E-state index in [9.17, 15) is 13.2 Å². The molecule has 6 nitrogen and oxygen atoms in total. The Hall–Kier alpha value is -2.19. The second-order valence-corrected chi connectivity index (χ2v) is 8.19. The van der Waals surface area contributed by atoms with Gasteiger partial charge in [0.1, 0.15) is 4.90 Å². The Morgan fingerprint density at radius 1 is 1.15 bits per heavy atom. The molecule has 0 atom stereocenters. The molecule has 2 rings (SSSR count). The van der Waals surface area contributed by atoms with Crippen molar-refractivity contribution in [1.29, 1.82) is 0 Å². The van der Waals surface area contributed by atoms with Gasteiger partial charge in [-0.05, 0) is 49.8 Å². The third kappa shape index (κ3) is 5.64. The first-order valence-electron chi connectivity index (χ1n) is 8.70. The van der Waals surface area contributed by atoms with Crippen LogP contribution in [0.4, 0.5) is 0 Å². The molecule has 0 aliphatic carbocycles. The Morgan fingerprint density at radius 2 is 1.85 bits per heavy atom. The maximum atomic E-state index is 12.4. The molecule has 0 N–H and O–H groups in total. The normalized spacial score (nSPS) is 12.0. The number of carbonyl (C=O) groups is 1. The molecule has 0 unspecified atom stereocenters.